The van der Waals surface area contributed by atoms with Crippen molar-refractivity contribution in [3.63, 3.8) is 0 Å². The lowest BCUT2D eigenvalue weighted by atomic mass is 10.1. The second-order valence-corrected chi connectivity index (χ2v) is 4.59. The van der Waals surface area contributed by atoms with Gasteiger partial charge in [-0.15, -0.1) is 0 Å². The van der Waals surface area contributed by atoms with Crippen LogP contribution in [0.5, 0.6) is 0 Å². The SMILES string of the molecule is COCCNCCCNCCc1ccccc1Cl. The zero-order valence-electron chi connectivity index (χ0n) is 11.0. The van der Waals surface area contributed by atoms with Crippen LogP contribution in [0.3, 0.4) is 0 Å². The van der Waals surface area contributed by atoms with Gasteiger partial charge in [-0.25, -0.2) is 0 Å². The molecule has 0 bridgehead atoms. The molecule has 0 aliphatic heterocycles. The normalized spacial score (nSPS) is 10.8. The van der Waals surface area contributed by atoms with E-state index in [4.69, 9.17) is 16.3 Å². The molecule has 0 radical (unpaired) electrons. The lowest BCUT2D eigenvalue weighted by Gasteiger charge is -2.07. The van der Waals surface area contributed by atoms with E-state index in [-0.39, 0.29) is 0 Å². The highest BCUT2D eigenvalue weighted by atomic mass is 35.5. The number of ether oxygens (including phenoxy) is 1. The molecule has 0 aromatic heterocycles. The van der Waals surface area contributed by atoms with E-state index in [0.717, 1.165) is 50.7 Å². The predicted octanol–water partition coefficient (Wildman–Crippen LogP) is 2.10. The maximum atomic E-state index is 6.09. The van der Waals surface area contributed by atoms with Gasteiger partial charge in [0.2, 0.25) is 0 Å². The second-order valence-electron chi connectivity index (χ2n) is 4.19. The Bertz CT molecular complexity index is 320. The molecule has 0 heterocycles. The number of hydrogen-bond donors (Lipinski definition) is 2. The van der Waals surface area contributed by atoms with Crippen molar-refractivity contribution in [1.82, 2.24) is 10.6 Å². The van der Waals surface area contributed by atoms with Gasteiger partial charge in [-0.1, -0.05) is 29.8 Å². The Kier molecular flexibility index (Phi) is 8.86. The fourth-order valence-electron chi connectivity index (χ4n) is 1.69. The Labute approximate surface area is 115 Å². The molecule has 0 aliphatic rings. The number of rotatable bonds is 10. The van der Waals surface area contributed by atoms with Crippen LogP contribution < -0.4 is 10.6 Å². The van der Waals surface area contributed by atoms with Crippen molar-refractivity contribution in [2.75, 3.05) is 39.9 Å². The molecule has 0 aliphatic carbocycles. The van der Waals surface area contributed by atoms with Crippen molar-refractivity contribution in [2.24, 2.45) is 0 Å². The smallest absolute Gasteiger partial charge is 0.0587 e. The van der Waals surface area contributed by atoms with Gasteiger partial charge < -0.3 is 15.4 Å². The zero-order valence-corrected chi connectivity index (χ0v) is 11.8. The number of benzene rings is 1. The molecule has 0 unspecified atom stereocenters. The summed E-state index contributed by atoms with van der Waals surface area (Å²) in [5, 5.41) is 7.60. The molecule has 0 amide bonds. The second kappa shape index (κ2) is 10.3. The van der Waals surface area contributed by atoms with Crippen LogP contribution in [0, 0.1) is 0 Å². The minimum atomic E-state index is 0.778. The van der Waals surface area contributed by atoms with Gasteiger partial charge in [0.15, 0.2) is 0 Å². The van der Waals surface area contributed by atoms with E-state index in [9.17, 15) is 0 Å². The third-order valence-corrected chi connectivity index (χ3v) is 3.09. The monoisotopic (exact) mass is 270 g/mol. The Balaban J connectivity index is 1.94. The Morgan fingerprint density at radius 2 is 1.78 bits per heavy atom. The van der Waals surface area contributed by atoms with Crippen LogP contribution in [0.1, 0.15) is 12.0 Å². The van der Waals surface area contributed by atoms with E-state index in [1.807, 2.05) is 18.2 Å². The molecule has 1 aromatic rings. The molecule has 1 aromatic carbocycles. The van der Waals surface area contributed by atoms with Crippen molar-refractivity contribution in [3.05, 3.63) is 34.9 Å². The lowest BCUT2D eigenvalue weighted by Crippen LogP contribution is -2.25. The molecule has 0 saturated carbocycles. The summed E-state index contributed by atoms with van der Waals surface area (Å²) in [6.07, 6.45) is 2.11. The first-order chi connectivity index (χ1) is 8.84. The summed E-state index contributed by atoms with van der Waals surface area (Å²) in [6, 6.07) is 8.01. The maximum absolute atomic E-state index is 6.09. The third-order valence-electron chi connectivity index (χ3n) is 2.72. The van der Waals surface area contributed by atoms with Crippen LogP contribution in [0.4, 0.5) is 0 Å². The average molecular weight is 271 g/mol. The van der Waals surface area contributed by atoms with Crippen molar-refractivity contribution >= 4 is 11.6 Å². The van der Waals surface area contributed by atoms with E-state index in [1.54, 1.807) is 7.11 Å². The van der Waals surface area contributed by atoms with Crippen LogP contribution in [-0.2, 0) is 11.2 Å². The molecule has 0 spiro atoms. The highest BCUT2D eigenvalue weighted by molar-refractivity contribution is 6.31. The van der Waals surface area contributed by atoms with E-state index in [0.29, 0.717) is 0 Å². The highest BCUT2D eigenvalue weighted by Gasteiger charge is 1.97. The molecule has 1 rings (SSSR count). The summed E-state index contributed by atoms with van der Waals surface area (Å²) in [7, 11) is 1.72. The topological polar surface area (TPSA) is 33.3 Å². The maximum Gasteiger partial charge on any atom is 0.0587 e. The largest absolute Gasteiger partial charge is 0.383 e. The molecule has 18 heavy (non-hydrogen) atoms. The molecule has 0 atom stereocenters. The van der Waals surface area contributed by atoms with Crippen LogP contribution in [0.2, 0.25) is 5.02 Å². The van der Waals surface area contributed by atoms with Crippen LogP contribution in [0.15, 0.2) is 24.3 Å². The van der Waals surface area contributed by atoms with Gasteiger partial charge in [0.05, 0.1) is 6.61 Å². The van der Waals surface area contributed by atoms with E-state index in [2.05, 4.69) is 16.7 Å². The highest BCUT2D eigenvalue weighted by Crippen LogP contribution is 2.14. The first-order valence-electron chi connectivity index (χ1n) is 6.48. The van der Waals surface area contributed by atoms with Gasteiger partial charge in [-0.3, -0.25) is 0 Å². The van der Waals surface area contributed by atoms with Crippen LogP contribution in [-0.4, -0.2) is 39.9 Å². The Morgan fingerprint density at radius 3 is 2.50 bits per heavy atom. The van der Waals surface area contributed by atoms with Crippen LogP contribution in [0.25, 0.3) is 0 Å². The predicted molar refractivity (Wildman–Crippen MR) is 77.4 cm³/mol. The first kappa shape index (κ1) is 15.4. The van der Waals surface area contributed by atoms with Crippen LogP contribution >= 0.6 is 11.6 Å². The van der Waals surface area contributed by atoms with E-state index in [1.165, 1.54) is 5.56 Å². The number of methoxy groups -OCH3 is 1. The summed E-state index contributed by atoms with van der Waals surface area (Å²) in [5.41, 5.74) is 1.21. The van der Waals surface area contributed by atoms with Gasteiger partial charge in [-0.05, 0) is 44.1 Å². The minimum Gasteiger partial charge on any atom is -0.383 e. The van der Waals surface area contributed by atoms with Gasteiger partial charge in [-0.2, -0.15) is 0 Å². The molecular formula is C14H23ClN2O. The summed E-state index contributed by atoms with van der Waals surface area (Å²) < 4.78 is 4.96. The molecule has 102 valence electrons. The lowest BCUT2D eigenvalue weighted by molar-refractivity contribution is 0.199. The Hall–Kier alpha value is -0.610. The minimum absolute atomic E-state index is 0.778. The summed E-state index contributed by atoms with van der Waals surface area (Å²) in [4.78, 5) is 0. The summed E-state index contributed by atoms with van der Waals surface area (Å²) in [6.45, 7) is 4.74. The Morgan fingerprint density at radius 1 is 1.06 bits per heavy atom. The van der Waals surface area contributed by atoms with E-state index < -0.39 is 0 Å². The van der Waals surface area contributed by atoms with Gasteiger partial charge in [0.25, 0.3) is 0 Å². The fourth-order valence-corrected chi connectivity index (χ4v) is 1.92. The molecule has 2 N–H and O–H groups in total. The molecule has 4 heteroatoms. The summed E-state index contributed by atoms with van der Waals surface area (Å²) >= 11 is 6.09. The molecule has 0 saturated heterocycles. The quantitative estimate of drug-likeness (QED) is 0.639. The standard InChI is InChI=1S/C14H23ClN2O/c1-18-12-11-17-9-4-8-16-10-7-13-5-2-3-6-14(13)15/h2-3,5-6,16-17H,4,7-12H2,1H3. The molecular weight excluding hydrogens is 248 g/mol. The first-order valence-corrected chi connectivity index (χ1v) is 6.86. The zero-order chi connectivity index (χ0) is 13.1. The third kappa shape index (κ3) is 6.97. The van der Waals surface area contributed by atoms with E-state index >= 15 is 0 Å². The molecule has 3 nitrogen and oxygen atoms in total. The van der Waals surface area contributed by atoms with Crippen molar-refractivity contribution in [2.45, 2.75) is 12.8 Å². The van der Waals surface area contributed by atoms with Gasteiger partial charge in [0, 0.05) is 18.7 Å². The average Bonchev–Trinajstić information content (AvgIpc) is 2.39. The number of hydrogen-bond acceptors (Lipinski definition) is 3. The van der Waals surface area contributed by atoms with Gasteiger partial charge in [0.1, 0.15) is 0 Å². The summed E-state index contributed by atoms with van der Waals surface area (Å²) in [5.74, 6) is 0. The fraction of sp³-hybridized carbons (Fsp3) is 0.571. The van der Waals surface area contributed by atoms with Crippen molar-refractivity contribution < 1.29 is 4.74 Å². The number of nitrogens with one attached hydrogen (secondary N) is 2. The molecule has 0 fully saturated rings. The van der Waals surface area contributed by atoms with Gasteiger partial charge >= 0.3 is 0 Å². The van der Waals surface area contributed by atoms with Crippen molar-refractivity contribution in [3.8, 4) is 0 Å². The number of halogens is 1. The van der Waals surface area contributed by atoms with Crippen molar-refractivity contribution in [1.29, 1.82) is 0 Å².